The number of esters is 1. The smallest absolute Gasteiger partial charge is 0.375 e. The van der Waals surface area contributed by atoms with Crippen molar-refractivity contribution in [2.75, 3.05) is 12.4 Å². The topological polar surface area (TPSA) is 94.8 Å². The van der Waals surface area contributed by atoms with Gasteiger partial charge in [-0.25, -0.2) is 4.79 Å². The van der Waals surface area contributed by atoms with Gasteiger partial charge in [-0.2, -0.15) is 0 Å². The van der Waals surface area contributed by atoms with Gasteiger partial charge in [-0.05, 0) is 44.2 Å². The summed E-state index contributed by atoms with van der Waals surface area (Å²) in [4.78, 5) is 36.3. The molecule has 0 saturated heterocycles. The van der Waals surface area contributed by atoms with Gasteiger partial charge in [0.15, 0.2) is 11.9 Å². The summed E-state index contributed by atoms with van der Waals surface area (Å²) in [6.45, 7) is 3.10. The Morgan fingerprint density at radius 2 is 1.76 bits per heavy atom. The van der Waals surface area contributed by atoms with Crippen molar-refractivity contribution in [2.24, 2.45) is 0 Å². The zero-order valence-corrected chi connectivity index (χ0v) is 16.4. The third-order valence-corrected chi connectivity index (χ3v) is 4.38. The van der Waals surface area contributed by atoms with Gasteiger partial charge in [-0.15, -0.1) is 0 Å². The SMILES string of the molecule is COCc1c(C(=O)O[C@H](C)C(=O)Nc2ccc(C(C)=O)cc2)oc2ccccc12. The number of anilines is 1. The number of nitrogens with one attached hydrogen (secondary N) is 1. The summed E-state index contributed by atoms with van der Waals surface area (Å²) in [7, 11) is 1.52. The minimum absolute atomic E-state index is 0.0125. The zero-order valence-electron chi connectivity index (χ0n) is 16.4. The molecule has 0 aliphatic carbocycles. The Hall–Kier alpha value is -3.45. The molecule has 2 aromatic carbocycles. The molecule has 0 aliphatic heterocycles. The fourth-order valence-corrected chi connectivity index (χ4v) is 2.85. The number of carbonyl (C=O) groups is 3. The molecular weight excluding hydrogens is 374 g/mol. The second-order valence-corrected chi connectivity index (χ2v) is 6.51. The molecule has 0 spiro atoms. The van der Waals surface area contributed by atoms with Gasteiger partial charge in [0, 0.05) is 29.3 Å². The van der Waals surface area contributed by atoms with Gasteiger partial charge < -0.3 is 19.2 Å². The lowest BCUT2D eigenvalue weighted by atomic mass is 10.1. The number of fused-ring (bicyclic) bond motifs is 1. The van der Waals surface area contributed by atoms with Crippen LogP contribution >= 0.6 is 0 Å². The third-order valence-electron chi connectivity index (χ3n) is 4.38. The standard InChI is InChI=1S/C22H21NO6/c1-13(24)15-8-10-16(11-9-15)23-21(25)14(2)28-22(26)20-18(12-27-3)17-6-4-5-7-19(17)29-20/h4-11,14H,12H2,1-3H3,(H,23,25)/t14-/m1/s1. The summed E-state index contributed by atoms with van der Waals surface area (Å²) in [5, 5.41) is 3.40. The Labute approximate surface area is 167 Å². The molecule has 3 aromatic rings. The van der Waals surface area contributed by atoms with Crippen molar-refractivity contribution in [2.45, 2.75) is 26.6 Å². The molecule has 1 atom stereocenters. The number of para-hydroxylation sites is 1. The Balaban J connectivity index is 1.71. The first-order valence-corrected chi connectivity index (χ1v) is 9.03. The molecule has 29 heavy (non-hydrogen) atoms. The Kier molecular flexibility index (Phi) is 6.09. The van der Waals surface area contributed by atoms with Gasteiger partial charge in [0.1, 0.15) is 5.58 Å². The van der Waals surface area contributed by atoms with E-state index in [1.54, 1.807) is 36.4 Å². The monoisotopic (exact) mass is 395 g/mol. The molecule has 1 amide bonds. The lowest BCUT2D eigenvalue weighted by Gasteiger charge is -2.13. The number of carbonyl (C=O) groups excluding carboxylic acids is 3. The van der Waals surface area contributed by atoms with Crippen LogP contribution in [0.4, 0.5) is 5.69 Å². The number of benzene rings is 2. The van der Waals surface area contributed by atoms with Crippen LogP contribution in [-0.2, 0) is 20.9 Å². The molecule has 150 valence electrons. The molecule has 0 fully saturated rings. The van der Waals surface area contributed by atoms with Crippen molar-refractivity contribution in [1.82, 2.24) is 0 Å². The van der Waals surface area contributed by atoms with Crippen molar-refractivity contribution >= 4 is 34.3 Å². The summed E-state index contributed by atoms with van der Waals surface area (Å²) in [6, 6.07) is 13.6. The molecule has 0 saturated carbocycles. The molecule has 1 heterocycles. The third kappa shape index (κ3) is 4.52. The number of hydrogen-bond donors (Lipinski definition) is 1. The van der Waals surface area contributed by atoms with E-state index in [2.05, 4.69) is 5.32 Å². The van der Waals surface area contributed by atoms with Crippen molar-refractivity contribution in [1.29, 1.82) is 0 Å². The largest absolute Gasteiger partial charge is 0.449 e. The van der Waals surface area contributed by atoms with E-state index in [9.17, 15) is 14.4 Å². The van der Waals surface area contributed by atoms with Gasteiger partial charge in [0.05, 0.1) is 6.61 Å². The van der Waals surface area contributed by atoms with Gasteiger partial charge in [-0.3, -0.25) is 9.59 Å². The van der Waals surface area contributed by atoms with Crippen LogP contribution in [0.25, 0.3) is 11.0 Å². The van der Waals surface area contributed by atoms with Crippen LogP contribution in [0.5, 0.6) is 0 Å². The molecule has 0 aliphatic rings. The molecule has 1 N–H and O–H groups in total. The van der Waals surface area contributed by atoms with Gasteiger partial charge in [0.25, 0.3) is 5.91 Å². The van der Waals surface area contributed by atoms with E-state index in [0.717, 1.165) is 5.39 Å². The van der Waals surface area contributed by atoms with Crippen molar-refractivity contribution in [3.8, 4) is 0 Å². The van der Waals surface area contributed by atoms with E-state index in [1.807, 2.05) is 12.1 Å². The van der Waals surface area contributed by atoms with Crippen molar-refractivity contribution in [3.05, 3.63) is 65.4 Å². The minimum atomic E-state index is -1.06. The maximum atomic E-state index is 12.6. The van der Waals surface area contributed by atoms with Crippen LogP contribution in [-0.4, -0.2) is 30.9 Å². The highest BCUT2D eigenvalue weighted by Gasteiger charge is 2.25. The van der Waals surface area contributed by atoms with Crippen LogP contribution in [0.15, 0.2) is 52.9 Å². The molecular formula is C22H21NO6. The number of Topliss-reactive ketones (excluding diaryl/α,β-unsaturated/α-hetero) is 1. The van der Waals surface area contributed by atoms with Gasteiger partial charge in [0.2, 0.25) is 5.76 Å². The van der Waals surface area contributed by atoms with E-state index >= 15 is 0 Å². The van der Waals surface area contributed by atoms with E-state index in [4.69, 9.17) is 13.9 Å². The number of amides is 1. The van der Waals surface area contributed by atoms with Crippen LogP contribution in [0.2, 0.25) is 0 Å². The number of furan rings is 1. The first-order valence-electron chi connectivity index (χ1n) is 9.03. The van der Waals surface area contributed by atoms with Crippen LogP contribution in [0, 0.1) is 0 Å². The predicted octanol–water partition coefficient (Wildman–Crippen LogP) is 3.97. The average Bonchev–Trinajstić information content (AvgIpc) is 3.07. The Bertz CT molecular complexity index is 1050. The maximum absolute atomic E-state index is 12.6. The number of ketones is 1. The summed E-state index contributed by atoms with van der Waals surface area (Å²) in [6.07, 6.45) is -1.06. The zero-order chi connectivity index (χ0) is 21.0. The normalized spacial score (nSPS) is 11.8. The van der Waals surface area contributed by atoms with Crippen LogP contribution in [0.1, 0.15) is 40.3 Å². The number of rotatable bonds is 7. The second-order valence-electron chi connectivity index (χ2n) is 6.51. The van der Waals surface area contributed by atoms with Crippen LogP contribution < -0.4 is 5.32 Å². The quantitative estimate of drug-likeness (QED) is 0.481. The Morgan fingerprint density at radius 3 is 2.41 bits per heavy atom. The molecule has 0 radical (unpaired) electrons. The van der Waals surface area contributed by atoms with Gasteiger partial charge in [-0.1, -0.05) is 18.2 Å². The summed E-state index contributed by atoms with van der Waals surface area (Å²) in [5.41, 5.74) is 2.14. The highest BCUT2D eigenvalue weighted by Crippen LogP contribution is 2.27. The summed E-state index contributed by atoms with van der Waals surface area (Å²) < 4.78 is 16.1. The molecule has 0 bridgehead atoms. The molecule has 0 unspecified atom stereocenters. The van der Waals surface area contributed by atoms with E-state index in [1.165, 1.54) is 21.0 Å². The minimum Gasteiger partial charge on any atom is -0.449 e. The number of hydrogen-bond acceptors (Lipinski definition) is 6. The highest BCUT2D eigenvalue weighted by molar-refractivity contribution is 6.00. The molecule has 3 rings (SSSR count). The average molecular weight is 395 g/mol. The van der Waals surface area contributed by atoms with E-state index in [0.29, 0.717) is 22.4 Å². The fourth-order valence-electron chi connectivity index (χ4n) is 2.85. The van der Waals surface area contributed by atoms with Crippen molar-refractivity contribution in [3.63, 3.8) is 0 Å². The van der Waals surface area contributed by atoms with Crippen molar-refractivity contribution < 1.29 is 28.3 Å². The van der Waals surface area contributed by atoms with Gasteiger partial charge >= 0.3 is 5.97 Å². The molecule has 7 nitrogen and oxygen atoms in total. The highest BCUT2D eigenvalue weighted by atomic mass is 16.6. The Morgan fingerprint density at radius 1 is 1.07 bits per heavy atom. The summed E-state index contributed by atoms with van der Waals surface area (Å²) in [5.74, 6) is -1.30. The summed E-state index contributed by atoms with van der Waals surface area (Å²) >= 11 is 0. The fraction of sp³-hybridized carbons (Fsp3) is 0.227. The van der Waals surface area contributed by atoms with E-state index in [-0.39, 0.29) is 18.2 Å². The van der Waals surface area contributed by atoms with Crippen LogP contribution in [0.3, 0.4) is 0 Å². The second kappa shape index (κ2) is 8.70. The number of methoxy groups -OCH3 is 1. The first-order chi connectivity index (χ1) is 13.9. The van der Waals surface area contributed by atoms with E-state index < -0.39 is 18.0 Å². The predicted molar refractivity (Wildman–Crippen MR) is 107 cm³/mol. The number of ether oxygens (including phenoxy) is 2. The molecule has 7 heteroatoms. The molecule has 1 aromatic heterocycles. The lowest BCUT2D eigenvalue weighted by molar-refractivity contribution is -0.123. The first kappa shape index (κ1) is 20.3. The maximum Gasteiger partial charge on any atom is 0.375 e. The lowest BCUT2D eigenvalue weighted by Crippen LogP contribution is -2.30.